The Morgan fingerprint density at radius 3 is 2.07 bits per heavy atom. The van der Waals surface area contributed by atoms with Crippen LogP contribution in [0, 0.1) is 0 Å². The topological polar surface area (TPSA) is 70.6 Å². The molecule has 5 nitrogen and oxygen atoms in total. The molecular formula is C21H15Cl2N3O2. The predicted octanol–water partition coefficient (Wildman–Crippen LogP) is 5.01. The quantitative estimate of drug-likeness (QED) is 0.457. The number of halogens is 2. The Morgan fingerprint density at radius 1 is 0.750 bits per heavy atom. The summed E-state index contributed by atoms with van der Waals surface area (Å²) in [4.78, 5) is 25.0. The summed E-state index contributed by atoms with van der Waals surface area (Å²) < 4.78 is 0. The zero-order valence-electron chi connectivity index (χ0n) is 14.5. The van der Waals surface area contributed by atoms with E-state index in [4.69, 9.17) is 23.2 Å². The van der Waals surface area contributed by atoms with E-state index < -0.39 is 11.8 Å². The van der Waals surface area contributed by atoms with Crippen molar-refractivity contribution in [1.82, 2.24) is 5.43 Å². The zero-order chi connectivity index (χ0) is 19.9. The van der Waals surface area contributed by atoms with E-state index in [0.29, 0.717) is 26.9 Å². The average molecular weight is 412 g/mol. The molecule has 0 aromatic heterocycles. The molecule has 28 heavy (non-hydrogen) atoms. The van der Waals surface area contributed by atoms with Crippen molar-refractivity contribution in [3.63, 3.8) is 0 Å². The first-order valence-electron chi connectivity index (χ1n) is 8.29. The van der Waals surface area contributed by atoms with Gasteiger partial charge in [-0.25, -0.2) is 5.43 Å². The van der Waals surface area contributed by atoms with Gasteiger partial charge in [-0.15, -0.1) is 0 Å². The van der Waals surface area contributed by atoms with Gasteiger partial charge in [0, 0.05) is 10.6 Å². The first kappa shape index (κ1) is 19.6. The number of anilines is 1. The molecule has 0 unspecified atom stereocenters. The average Bonchev–Trinajstić information content (AvgIpc) is 2.70. The molecule has 7 heteroatoms. The van der Waals surface area contributed by atoms with Crippen LogP contribution in [0.5, 0.6) is 0 Å². The van der Waals surface area contributed by atoms with Gasteiger partial charge in [0.1, 0.15) is 0 Å². The number of hydrogen-bond donors (Lipinski definition) is 2. The summed E-state index contributed by atoms with van der Waals surface area (Å²) in [5.74, 6) is -0.885. The Kier molecular flexibility index (Phi) is 6.42. The molecule has 2 N–H and O–H groups in total. The minimum absolute atomic E-state index is 0.263. The molecule has 0 aliphatic heterocycles. The number of hydrogen-bond acceptors (Lipinski definition) is 3. The highest BCUT2D eigenvalue weighted by molar-refractivity contribution is 6.34. The zero-order valence-corrected chi connectivity index (χ0v) is 16.0. The van der Waals surface area contributed by atoms with Gasteiger partial charge in [-0.3, -0.25) is 9.59 Å². The summed E-state index contributed by atoms with van der Waals surface area (Å²) in [6.07, 6.45) is 1.45. The van der Waals surface area contributed by atoms with Gasteiger partial charge in [0.2, 0.25) is 0 Å². The number of amides is 2. The molecule has 2 amide bonds. The molecule has 0 aliphatic carbocycles. The highest BCUT2D eigenvalue weighted by Crippen LogP contribution is 2.20. The SMILES string of the molecule is O=C(Nc1ccccc1C(=O)N/N=C\c1ccccc1Cl)c1ccccc1Cl. The third-order valence-corrected chi connectivity index (χ3v) is 4.49. The smallest absolute Gasteiger partial charge is 0.273 e. The molecule has 0 spiro atoms. The van der Waals surface area contributed by atoms with Crippen LogP contribution in [0.3, 0.4) is 0 Å². The van der Waals surface area contributed by atoms with Crippen molar-refractivity contribution in [3.8, 4) is 0 Å². The first-order valence-corrected chi connectivity index (χ1v) is 9.04. The third kappa shape index (κ3) is 4.76. The van der Waals surface area contributed by atoms with E-state index in [1.54, 1.807) is 66.7 Å². The van der Waals surface area contributed by atoms with Crippen LogP contribution in [0.15, 0.2) is 77.9 Å². The molecule has 0 bridgehead atoms. The fraction of sp³-hybridized carbons (Fsp3) is 0. The van der Waals surface area contributed by atoms with E-state index in [-0.39, 0.29) is 5.56 Å². The summed E-state index contributed by atoms with van der Waals surface area (Å²) in [5.41, 5.74) is 4.03. The number of rotatable bonds is 5. The second-order valence-corrected chi connectivity index (χ2v) is 6.51. The van der Waals surface area contributed by atoms with Crippen LogP contribution >= 0.6 is 23.2 Å². The Balaban J connectivity index is 1.74. The summed E-state index contributed by atoms with van der Waals surface area (Å²) in [6.45, 7) is 0. The number of para-hydroxylation sites is 1. The minimum atomic E-state index is -0.474. The van der Waals surface area contributed by atoms with Crippen LogP contribution in [0.4, 0.5) is 5.69 Å². The molecule has 0 fully saturated rings. The highest BCUT2D eigenvalue weighted by Gasteiger charge is 2.15. The van der Waals surface area contributed by atoms with E-state index in [1.165, 1.54) is 6.21 Å². The van der Waals surface area contributed by atoms with E-state index >= 15 is 0 Å². The van der Waals surface area contributed by atoms with Gasteiger partial charge in [-0.1, -0.05) is 65.7 Å². The van der Waals surface area contributed by atoms with Gasteiger partial charge in [0.25, 0.3) is 11.8 Å². The second-order valence-electron chi connectivity index (χ2n) is 5.70. The molecule has 0 saturated carbocycles. The molecule has 0 aliphatic rings. The van der Waals surface area contributed by atoms with Gasteiger partial charge in [0.05, 0.1) is 28.1 Å². The highest BCUT2D eigenvalue weighted by atomic mass is 35.5. The number of nitrogens with zero attached hydrogens (tertiary/aromatic N) is 1. The van der Waals surface area contributed by atoms with Crippen molar-refractivity contribution in [1.29, 1.82) is 0 Å². The predicted molar refractivity (Wildman–Crippen MR) is 112 cm³/mol. The molecule has 0 radical (unpaired) electrons. The Labute approximate surface area is 172 Å². The van der Waals surface area contributed by atoms with Gasteiger partial charge in [-0.2, -0.15) is 5.10 Å². The number of carbonyl (C=O) groups excluding carboxylic acids is 2. The Bertz CT molecular complexity index is 1050. The van der Waals surface area contributed by atoms with Crippen molar-refractivity contribution >= 4 is 46.9 Å². The van der Waals surface area contributed by atoms with Crippen molar-refractivity contribution in [2.45, 2.75) is 0 Å². The van der Waals surface area contributed by atoms with E-state index in [2.05, 4.69) is 15.8 Å². The van der Waals surface area contributed by atoms with E-state index in [9.17, 15) is 9.59 Å². The minimum Gasteiger partial charge on any atom is -0.321 e. The van der Waals surface area contributed by atoms with Gasteiger partial charge < -0.3 is 5.32 Å². The van der Waals surface area contributed by atoms with Crippen LogP contribution in [0.2, 0.25) is 10.0 Å². The summed E-state index contributed by atoms with van der Waals surface area (Å²) in [5, 5.41) is 7.48. The molecular weight excluding hydrogens is 397 g/mol. The number of carbonyl (C=O) groups is 2. The van der Waals surface area contributed by atoms with Crippen LogP contribution in [-0.2, 0) is 0 Å². The fourth-order valence-electron chi connectivity index (χ4n) is 2.43. The lowest BCUT2D eigenvalue weighted by atomic mass is 10.1. The van der Waals surface area contributed by atoms with Crippen molar-refractivity contribution in [2.24, 2.45) is 5.10 Å². The Morgan fingerprint density at radius 2 is 1.36 bits per heavy atom. The monoisotopic (exact) mass is 411 g/mol. The van der Waals surface area contributed by atoms with Gasteiger partial charge in [0.15, 0.2) is 0 Å². The number of hydrazone groups is 1. The summed E-state index contributed by atoms with van der Waals surface area (Å²) >= 11 is 12.1. The standard InChI is InChI=1S/C21H15Cl2N3O2/c22-17-10-4-1-7-14(17)13-24-26-21(28)16-9-3-6-12-19(16)25-20(27)15-8-2-5-11-18(15)23/h1-13H,(H,25,27)(H,26,28)/b24-13-. The first-order chi connectivity index (χ1) is 13.6. The lowest BCUT2D eigenvalue weighted by Crippen LogP contribution is -2.21. The van der Waals surface area contributed by atoms with Crippen LogP contribution in [-0.4, -0.2) is 18.0 Å². The second kappa shape index (κ2) is 9.17. The van der Waals surface area contributed by atoms with Crippen molar-refractivity contribution in [3.05, 3.63) is 99.5 Å². The van der Waals surface area contributed by atoms with E-state index in [0.717, 1.165) is 0 Å². The van der Waals surface area contributed by atoms with Crippen LogP contribution < -0.4 is 10.7 Å². The lowest BCUT2D eigenvalue weighted by molar-refractivity contribution is 0.0956. The Hall–Kier alpha value is -3.15. The molecule has 0 heterocycles. The van der Waals surface area contributed by atoms with Crippen molar-refractivity contribution < 1.29 is 9.59 Å². The maximum absolute atomic E-state index is 12.5. The van der Waals surface area contributed by atoms with Crippen molar-refractivity contribution in [2.75, 3.05) is 5.32 Å². The largest absolute Gasteiger partial charge is 0.321 e. The molecule has 0 atom stereocenters. The molecule has 0 saturated heterocycles. The number of benzene rings is 3. The van der Waals surface area contributed by atoms with Gasteiger partial charge >= 0.3 is 0 Å². The van der Waals surface area contributed by atoms with Crippen LogP contribution in [0.25, 0.3) is 0 Å². The molecule has 3 rings (SSSR count). The summed E-state index contributed by atoms with van der Waals surface area (Å²) in [6, 6.07) is 20.4. The maximum atomic E-state index is 12.5. The maximum Gasteiger partial charge on any atom is 0.273 e. The lowest BCUT2D eigenvalue weighted by Gasteiger charge is -2.10. The fourth-order valence-corrected chi connectivity index (χ4v) is 2.83. The van der Waals surface area contributed by atoms with E-state index in [1.807, 2.05) is 6.07 Å². The molecule has 140 valence electrons. The van der Waals surface area contributed by atoms with Crippen LogP contribution in [0.1, 0.15) is 26.3 Å². The normalized spacial score (nSPS) is 10.6. The summed E-state index contributed by atoms with van der Waals surface area (Å²) in [7, 11) is 0. The third-order valence-electron chi connectivity index (χ3n) is 3.81. The molecule has 3 aromatic rings. The molecule has 3 aromatic carbocycles. The number of nitrogens with one attached hydrogen (secondary N) is 2. The van der Waals surface area contributed by atoms with Gasteiger partial charge in [-0.05, 0) is 30.3 Å².